The van der Waals surface area contributed by atoms with Gasteiger partial charge in [-0.2, -0.15) is 0 Å². The maximum atomic E-state index is 11.4. The van der Waals surface area contributed by atoms with Crippen molar-refractivity contribution in [2.24, 2.45) is 5.14 Å². The lowest BCUT2D eigenvalue weighted by atomic mass is 10.3. The quantitative estimate of drug-likeness (QED) is 0.742. The van der Waals surface area contributed by atoms with Crippen molar-refractivity contribution in [1.29, 1.82) is 0 Å². The van der Waals surface area contributed by atoms with Crippen molar-refractivity contribution in [3.05, 3.63) is 42.5 Å². The molecule has 0 unspecified atom stereocenters. The third-order valence-corrected chi connectivity index (χ3v) is 3.43. The lowest BCUT2D eigenvalue weighted by molar-refractivity contribution is 0.598. The molecular weight excluding hydrogens is 252 g/mol. The van der Waals surface area contributed by atoms with Gasteiger partial charge >= 0.3 is 0 Å². The summed E-state index contributed by atoms with van der Waals surface area (Å²) in [6.07, 6.45) is 4.06. The SMILES string of the molecule is NS(=O)(=O)c1ccccc1NCCc1cnc[nH]1. The van der Waals surface area contributed by atoms with Crippen LogP contribution >= 0.6 is 0 Å². The Bertz CT molecular complexity index is 608. The number of nitrogens with one attached hydrogen (secondary N) is 2. The molecule has 96 valence electrons. The van der Waals surface area contributed by atoms with Crippen LogP contribution in [0.25, 0.3) is 0 Å². The average Bonchev–Trinajstić information content (AvgIpc) is 2.81. The fourth-order valence-electron chi connectivity index (χ4n) is 1.61. The molecule has 0 saturated heterocycles. The maximum absolute atomic E-state index is 11.4. The molecule has 1 aromatic carbocycles. The maximum Gasteiger partial charge on any atom is 0.240 e. The smallest absolute Gasteiger partial charge is 0.240 e. The van der Waals surface area contributed by atoms with E-state index in [-0.39, 0.29) is 4.90 Å². The van der Waals surface area contributed by atoms with Gasteiger partial charge in [0.25, 0.3) is 0 Å². The van der Waals surface area contributed by atoms with Gasteiger partial charge in [0.2, 0.25) is 10.0 Å². The number of rotatable bonds is 5. The number of aromatic amines is 1. The molecule has 6 nitrogen and oxygen atoms in total. The van der Waals surface area contributed by atoms with Crippen LogP contribution in [0.4, 0.5) is 5.69 Å². The van der Waals surface area contributed by atoms with Gasteiger partial charge < -0.3 is 10.3 Å². The van der Waals surface area contributed by atoms with Crippen LogP contribution < -0.4 is 10.5 Å². The van der Waals surface area contributed by atoms with Crippen LogP contribution in [-0.2, 0) is 16.4 Å². The van der Waals surface area contributed by atoms with Gasteiger partial charge in [0, 0.05) is 24.9 Å². The van der Waals surface area contributed by atoms with Crippen LogP contribution in [0.15, 0.2) is 41.7 Å². The molecule has 0 amide bonds. The number of hydrogen-bond donors (Lipinski definition) is 3. The molecule has 0 aliphatic rings. The van der Waals surface area contributed by atoms with Crippen molar-refractivity contribution in [3.63, 3.8) is 0 Å². The number of benzene rings is 1. The van der Waals surface area contributed by atoms with E-state index in [0.717, 1.165) is 12.1 Å². The number of primary sulfonamides is 1. The number of imidazole rings is 1. The van der Waals surface area contributed by atoms with Crippen molar-refractivity contribution < 1.29 is 8.42 Å². The largest absolute Gasteiger partial charge is 0.384 e. The minimum absolute atomic E-state index is 0.106. The van der Waals surface area contributed by atoms with Gasteiger partial charge in [-0.1, -0.05) is 12.1 Å². The lowest BCUT2D eigenvalue weighted by Crippen LogP contribution is -2.16. The van der Waals surface area contributed by atoms with Crippen LogP contribution in [-0.4, -0.2) is 24.9 Å². The summed E-state index contributed by atoms with van der Waals surface area (Å²) in [5.41, 5.74) is 1.50. The number of nitrogens with zero attached hydrogens (tertiary/aromatic N) is 1. The first-order valence-corrected chi connectivity index (χ1v) is 6.95. The first kappa shape index (κ1) is 12.6. The highest BCUT2D eigenvalue weighted by atomic mass is 32.2. The number of nitrogens with two attached hydrogens (primary N) is 1. The molecule has 0 fully saturated rings. The van der Waals surface area contributed by atoms with E-state index < -0.39 is 10.0 Å². The molecule has 0 aliphatic heterocycles. The van der Waals surface area contributed by atoms with Crippen LogP contribution in [0.1, 0.15) is 5.69 Å². The number of anilines is 1. The standard InChI is InChI=1S/C11H14N4O2S/c12-18(16,17)11-4-2-1-3-10(11)14-6-5-9-7-13-8-15-9/h1-4,7-8,14H,5-6H2,(H,13,15)(H2,12,16,17). The van der Waals surface area contributed by atoms with E-state index in [1.54, 1.807) is 30.7 Å². The van der Waals surface area contributed by atoms with Crippen molar-refractivity contribution in [3.8, 4) is 0 Å². The van der Waals surface area contributed by atoms with E-state index >= 15 is 0 Å². The van der Waals surface area contributed by atoms with E-state index in [1.807, 2.05) is 0 Å². The second-order valence-corrected chi connectivity index (χ2v) is 5.32. The van der Waals surface area contributed by atoms with Crippen molar-refractivity contribution in [1.82, 2.24) is 9.97 Å². The number of H-pyrrole nitrogens is 1. The lowest BCUT2D eigenvalue weighted by Gasteiger charge is -2.09. The van der Waals surface area contributed by atoms with E-state index in [1.165, 1.54) is 6.07 Å². The molecule has 0 atom stereocenters. The Kier molecular flexibility index (Phi) is 3.63. The Morgan fingerprint density at radius 3 is 2.78 bits per heavy atom. The second-order valence-electron chi connectivity index (χ2n) is 3.79. The summed E-state index contributed by atoms with van der Waals surface area (Å²) >= 11 is 0. The van der Waals surface area contributed by atoms with Crippen LogP contribution in [0.2, 0.25) is 0 Å². The molecule has 2 aromatic rings. The summed E-state index contributed by atoms with van der Waals surface area (Å²) in [5.74, 6) is 0. The molecule has 1 heterocycles. The summed E-state index contributed by atoms with van der Waals surface area (Å²) in [6.45, 7) is 0.592. The molecule has 0 saturated carbocycles. The fraction of sp³-hybridized carbons (Fsp3) is 0.182. The molecule has 0 spiro atoms. The Balaban J connectivity index is 2.06. The Labute approximate surface area is 105 Å². The Morgan fingerprint density at radius 1 is 1.33 bits per heavy atom. The first-order chi connectivity index (χ1) is 8.57. The van der Waals surface area contributed by atoms with Gasteiger partial charge in [-0.25, -0.2) is 18.5 Å². The zero-order valence-corrected chi connectivity index (χ0v) is 10.4. The zero-order valence-electron chi connectivity index (χ0n) is 9.63. The highest BCUT2D eigenvalue weighted by Gasteiger charge is 2.12. The molecule has 4 N–H and O–H groups in total. The average molecular weight is 266 g/mol. The third-order valence-electron chi connectivity index (χ3n) is 2.46. The minimum atomic E-state index is -3.70. The Hall–Kier alpha value is -1.86. The topological polar surface area (TPSA) is 101 Å². The van der Waals surface area contributed by atoms with Gasteiger partial charge in [-0.3, -0.25) is 0 Å². The molecule has 2 rings (SSSR count). The molecule has 0 aliphatic carbocycles. The molecule has 0 radical (unpaired) electrons. The van der Waals surface area contributed by atoms with E-state index in [9.17, 15) is 8.42 Å². The van der Waals surface area contributed by atoms with E-state index in [4.69, 9.17) is 5.14 Å². The van der Waals surface area contributed by atoms with E-state index in [2.05, 4.69) is 15.3 Å². The highest BCUT2D eigenvalue weighted by molar-refractivity contribution is 7.89. The van der Waals surface area contributed by atoms with Gasteiger partial charge in [0.05, 0.1) is 12.0 Å². The van der Waals surface area contributed by atoms with Crippen molar-refractivity contribution >= 4 is 15.7 Å². The monoisotopic (exact) mass is 266 g/mol. The zero-order chi connectivity index (χ0) is 13.0. The van der Waals surface area contributed by atoms with E-state index in [0.29, 0.717) is 12.2 Å². The van der Waals surface area contributed by atoms with Gasteiger partial charge in [0.1, 0.15) is 4.90 Å². The summed E-state index contributed by atoms with van der Waals surface area (Å²) in [4.78, 5) is 6.99. The summed E-state index contributed by atoms with van der Waals surface area (Å²) in [7, 11) is -3.70. The normalized spacial score (nSPS) is 11.4. The summed E-state index contributed by atoms with van der Waals surface area (Å²) in [6, 6.07) is 6.56. The molecule has 18 heavy (non-hydrogen) atoms. The molecular formula is C11H14N4O2S. The summed E-state index contributed by atoms with van der Waals surface area (Å²) < 4.78 is 22.7. The number of hydrogen-bond acceptors (Lipinski definition) is 4. The second kappa shape index (κ2) is 5.19. The summed E-state index contributed by atoms with van der Waals surface area (Å²) in [5, 5.41) is 8.19. The van der Waals surface area contributed by atoms with Gasteiger partial charge in [-0.05, 0) is 12.1 Å². The number of aromatic nitrogens is 2. The Morgan fingerprint density at radius 2 is 2.11 bits per heavy atom. The van der Waals surface area contributed by atoms with Gasteiger partial charge in [0.15, 0.2) is 0 Å². The van der Waals surface area contributed by atoms with Gasteiger partial charge in [-0.15, -0.1) is 0 Å². The predicted octanol–water partition coefficient (Wildman–Crippen LogP) is 0.712. The minimum Gasteiger partial charge on any atom is -0.384 e. The van der Waals surface area contributed by atoms with Crippen LogP contribution in [0.5, 0.6) is 0 Å². The first-order valence-electron chi connectivity index (χ1n) is 5.40. The molecule has 1 aromatic heterocycles. The van der Waals surface area contributed by atoms with Crippen molar-refractivity contribution in [2.75, 3.05) is 11.9 Å². The highest BCUT2D eigenvalue weighted by Crippen LogP contribution is 2.18. The number of sulfonamides is 1. The third kappa shape index (κ3) is 3.08. The fourth-order valence-corrected chi connectivity index (χ4v) is 2.33. The molecule has 0 bridgehead atoms. The van der Waals surface area contributed by atoms with Crippen molar-refractivity contribution in [2.45, 2.75) is 11.3 Å². The number of para-hydroxylation sites is 1. The van der Waals surface area contributed by atoms with Crippen LogP contribution in [0, 0.1) is 0 Å². The molecule has 7 heteroatoms. The predicted molar refractivity (Wildman–Crippen MR) is 68.6 cm³/mol. The van der Waals surface area contributed by atoms with Crippen LogP contribution in [0.3, 0.4) is 0 Å².